The molecule has 0 atom stereocenters. The zero-order valence-corrected chi connectivity index (χ0v) is 15.6. The van der Waals surface area contributed by atoms with Crippen LogP contribution in [0, 0.1) is 0 Å². The summed E-state index contributed by atoms with van der Waals surface area (Å²) < 4.78 is 10.8. The van der Waals surface area contributed by atoms with Gasteiger partial charge in [-0.15, -0.1) is 0 Å². The van der Waals surface area contributed by atoms with Crippen molar-refractivity contribution in [1.29, 1.82) is 0 Å². The number of carbonyl (C=O) groups is 1. The molecule has 7 heteroatoms. The number of hydrogen-bond acceptors (Lipinski definition) is 5. The molecular formula is C19H21ClN2O4. The molecule has 0 unspecified atom stereocenters. The Balaban J connectivity index is 2.02. The Labute approximate surface area is 157 Å². The van der Waals surface area contributed by atoms with Gasteiger partial charge in [0.25, 0.3) is 5.91 Å². The van der Waals surface area contributed by atoms with Crippen molar-refractivity contribution in [2.45, 2.75) is 26.9 Å². The minimum atomic E-state index is -0.354. The zero-order chi connectivity index (χ0) is 19.1. The smallest absolute Gasteiger partial charge is 0.271 e. The quantitative estimate of drug-likeness (QED) is 0.565. The molecule has 0 aliphatic rings. The molecular weight excluding hydrogens is 356 g/mol. The summed E-state index contributed by atoms with van der Waals surface area (Å²) in [5.41, 5.74) is 3.47. The SMILES string of the molecule is CCOc1cc(/C=N/NC(=O)c2ccc(OC(C)C)cc2)cc(Cl)c1O. The predicted octanol–water partition coefficient (Wildman–Crippen LogP) is 4.00. The largest absolute Gasteiger partial charge is 0.503 e. The number of nitrogens with zero attached hydrogens (tertiary/aromatic N) is 1. The van der Waals surface area contributed by atoms with Crippen molar-refractivity contribution in [3.8, 4) is 17.2 Å². The second-order valence-electron chi connectivity index (χ2n) is 5.67. The lowest BCUT2D eigenvalue weighted by molar-refractivity contribution is 0.0955. The Morgan fingerprint density at radius 2 is 2.00 bits per heavy atom. The van der Waals surface area contributed by atoms with E-state index >= 15 is 0 Å². The number of phenols is 1. The highest BCUT2D eigenvalue weighted by atomic mass is 35.5. The molecule has 2 N–H and O–H groups in total. The summed E-state index contributed by atoms with van der Waals surface area (Å²) in [4.78, 5) is 12.1. The number of halogens is 1. The Hall–Kier alpha value is -2.73. The van der Waals surface area contributed by atoms with Gasteiger partial charge in [0, 0.05) is 5.56 Å². The third kappa shape index (κ3) is 5.39. The highest BCUT2D eigenvalue weighted by Gasteiger charge is 2.09. The van der Waals surface area contributed by atoms with Gasteiger partial charge in [-0.25, -0.2) is 5.43 Å². The molecule has 0 saturated carbocycles. The average Bonchev–Trinajstić information content (AvgIpc) is 2.59. The molecule has 6 nitrogen and oxygen atoms in total. The molecule has 0 radical (unpaired) electrons. The number of aromatic hydroxyl groups is 1. The van der Waals surface area contributed by atoms with Crippen LogP contribution in [0.1, 0.15) is 36.7 Å². The van der Waals surface area contributed by atoms with Crippen LogP contribution < -0.4 is 14.9 Å². The van der Waals surface area contributed by atoms with E-state index in [1.165, 1.54) is 12.3 Å². The van der Waals surface area contributed by atoms with Crippen LogP contribution in [0.4, 0.5) is 0 Å². The second-order valence-corrected chi connectivity index (χ2v) is 6.08. The van der Waals surface area contributed by atoms with Gasteiger partial charge in [-0.1, -0.05) is 11.6 Å². The summed E-state index contributed by atoms with van der Waals surface area (Å²) >= 11 is 5.95. The normalized spacial score (nSPS) is 11.0. The molecule has 1 amide bonds. The number of hydrogen-bond donors (Lipinski definition) is 2. The molecule has 0 aliphatic carbocycles. The van der Waals surface area contributed by atoms with Crippen molar-refractivity contribution in [2.75, 3.05) is 6.61 Å². The lowest BCUT2D eigenvalue weighted by atomic mass is 10.2. The molecule has 138 valence electrons. The van der Waals surface area contributed by atoms with Gasteiger partial charge in [-0.05, 0) is 62.7 Å². The number of hydrazone groups is 1. The van der Waals surface area contributed by atoms with E-state index in [4.69, 9.17) is 21.1 Å². The Morgan fingerprint density at radius 3 is 2.62 bits per heavy atom. The van der Waals surface area contributed by atoms with E-state index in [-0.39, 0.29) is 28.5 Å². The first kappa shape index (κ1) is 19.6. The molecule has 0 aromatic heterocycles. The summed E-state index contributed by atoms with van der Waals surface area (Å²) in [5.74, 6) is 0.474. The molecule has 26 heavy (non-hydrogen) atoms. The summed E-state index contributed by atoms with van der Waals surface area (Å²) in [7, 11) is 0. The molecule has 0 spiro atoms. The van der Waals surface area contributed by atoms with Gasteiger partial charge in [0.15, 0.2) is 11.5 Å². The molecule has 0 aliphatic heterocycles. The van der Waals surface area contributed by atoms with Crippen LogP contribution in [0.3, 0.4) is 0 Å². The molecule has 2 aromatic rings. The predicted molar refractivity (Wildman–Crippen MR) is 102 cm³/mol. The number of nitrogens with one attached hydrogen (secondary N) is 1. The summed E-state index contributed by atoms with van der Waals surface area (Å²) in [6.07, 6.45) is 1.49. The van der Waals surface area contributed by atoms with Crippen molar-refractivity contribution < 1.29 is 19.4 Å². The first-order chi connectivity index (χ1) is 12.4. The van der Waals surface area contributed by atoms with Crippen LogP contribution >= 0.6 is 11.6 Å². The zero-order valence-electron chi connectivity index (χ0n) is 14.8. The van der Waals surface area contributed by atoms with Crippen LogP contribution in [0.25, 0.3) is 0 Å². The fraction of sp³-hybridized carbons (Fsp3) is 0.263. The lowest BCUT2D eigenvalue weighted by Crippen LogP contribution is -2.17. The topological polar surface area (TPSA) is 80.2 Å². The second kappa shape index (κ2) is 9.10. The van der Waals surface area contributed by atoms with Crippen molar-refractivity contribution in [2.24, 2.45) is 5.10 Å². The fourth-order valence-corrected chi connectivity index (χ4v) is 2.34. The standard InChI is InChI=1S/C19H21ClN2O4/c1-4-25-17-10-13(9-16(20)18(17)23)11-21-22-19(24)14-5-7-15(8-6-14)26-12(2)3/h5-12,23H,4H2,1-3H3,(H,22,24)/b21-11+. The first-order valence-electron chi connectivity index (χ1n) is 8.16. The van der Waals surface area contributed by atoms with Gasteiger partial charge < -0.3 is 14.6 Å². The van der Waals surface area contributed by atoms with Gasteiger partial charge in [-0.2, -0.15) is 5.10 Å². The molecule has 0 fully saturated rings. The maximum Gasteiger partial charge on any atom is 0.271 e. The van der Waals surface area contributed by atoms with Gasteiger partial charge in [0.05, 0.1) is 23.9 Å². The number of ether oxygens (including phenoxy) is 2. The van der Waals surface area contributed by atoms with E-state index in [9.17, 15) is 9.90 Å². The number of amides is 1. The number of carbonyl (C=O) groups excluding carboxylic acids is 1. The van der Waals surface area contributed by atoms with Crippen LogP contribution in [0.15, 0.2) is 41.5 Å². The summed E-state index contributed by atoms with van der Waals surface area (Å²) in [6, 6.07) is 9.88. The number of rotatable bonds is 7. The Bertz CT molecular complexity index is 789. The Kier molecular flexibility index (Phi) is 6.86. The Morgan fingerprint density at radius 1 is 1.31 bits per heavy atom. The maximum absolute atomic E-state index is 12.1. The molecule has 0 bridgehead atoms. The van der Waals surface area contributed by atoms with Gasteiger partial charge in [0.2, 0.25) is 0 Å². The van der Waals surface area contributed by atoms with Crippen molar-refractivity contribution >= 4 is 23.7 Å². The van der Waals surface area contributed by atoms with Crippen LogP contribution in [-0.2, 0) is 0 Å². The fourth-order valence-electron chi connectivity index (χ4n) is 2.12. The first-order valence-corrected chi connectivity index (χ1v) is 8.54. The van der Waals surface area contributed by atoms with E-state index < -0.39 is 0 Å². The van der Waals surface area contributed by atoms with Gasteiger partial charge in [-0.3, -0.25) is 4.79 Å². The van der Waals surface area contributed by atoms with Gasteiger partial charge in [0.1, 0.15) is 5.75 Å². The monoisotopic (exact) mass is 376 g/mol. The maximum atomic E-state index is 12.1. The van der Waals surface area contributed by atoms with Crippen molar-refractivity contribution in [1.82, 2.24) is 5.43 Å². The minimum absolute atomic E-state index is 0.0676. The van der Waals surface area contributed by atoms with Crippen molar-refractivity contribution in [3.05, 3.63) is 52.5 Å². The summed E-state index contributed by atoms with van der Waals surface area (Å²) in [5, 5.41) is 13.9. The van der Waals surface area contributed by atoms with E-state index in [2.05, 4.69) is 10.5 Å². The molecule has 0 heterocycles. The van der Waals surface area contributed by atoms with E-state index in [1.807, 2.05) is 13.8 Å². The minimum Gasteiger partial charge on any atom is -0.503 e. The van der Waals surface area contributed by atoms with Gasteiger partial charge >= 0.3 is 0 Å². The van der Waals surface area contributed by atoms with Crippen LogP contribution in [-0.4, -0.2) is 29.9 Å². The lowest BCUT2D eigenvalue weighted by Gasteiger charge is -2.09. The third-order valence-electron chi connectivity index (χ3n) is 3.22. The van der Waals surface area contributed by atoms with E-state index in [0.29, 0.717) is 23.5 Å². The number of phenolic OH excluding ortho intramolecular Hbond substituents is 1. The highest BCUT2D eigenvalue weighted by Crippen LogP contribution is 2.34. The van der Waals surface area contributed by atoms with Crippen LogP contribution in [0.5, 0.6) is 17.2 Å². The summed E-state index contributed by atoms with van der Waals surface area (Å²) in [6.45, 7) is 6.05. The third-order valence-corrected chi connectivity index (χ3v) is 3.51. The van der Waals surface area contributed by atoms with Crippen LogP contribution in [0.2, 0.25) is 5.02 Å². The average molecular weight is 377 g/mol. The molecule has 2 aromatic carbocycles. The number of benzene rings is 2. The molecule has 2 rings (SSSR count). The van der Waals surface area contributed by atoms with E-state index in [0.717, 1.165) is 0 Å². The van der Waals surface area contributed by atoms with E-state index in [1.54, 1.807) is 37.3 Å². The van der Waals surface area contributed by atoms with Crippen molar-refractivity contribution in [3.63, 3.8) is 0 Å². The highest BCUT2D eigenvalue weighted by molar-refractivity contribution is 6.32. The molecule has 0 saturated heterocycles.